The topological polar surface area (TPSA) is 20.2 Å². The minimum atomic E-state index is -0.000255. The summed E-state index contributed by atoms with van der Waals surface area (Å²) in [6.45, 7) is 12.7. The van der Waals surface area contributed by atoms with Crippen molar-refractivity contribution in [2.24, 2.45) is 0 Å². The molecule has 0 aliphatic heterocycles. The summed E-state index contributed by atoms with van der Waals surface area (Å²) in [6, 6.07) is 4.16. The molecule has 1 aromatic carbocycles. The first-order valence-corrected chi connectivity index (χ1v) is 5.57. The van der Waals surface area contributed by atoms with Gasteiger partial charge in [0.1, 0.15) is 5.75 Å². The van der Waals surface area contributed by atoms with Crippen LogP contribution in [-0.2, 0) is 5.41 Å². The first-order valence-electron chi connectivity index (χ1n) is 5.57. The summed E-state index contributed by atoms with van der Waals surface area (Å²) in [5, 5.41) is 10.2. The molecule has 0 spiro atoms. The lowest BCUT2D eigenvalue weighted by Crippen LogP contribution is -2.12. The SMILES string of the molecule is Cc1cc(C(C)C)c(O)c(C(C)(C)C)c1. The van der Waals surface area contributed by atoms with Crippen molar-refractivity contribution in [2.45, 2.75) is 52.9 Å². The lowest BCUT2D eigenvalue weighted by molar-refractivity contribution is 0.437. The number of phenols is 1. The van der Waals surface area contributed by atoms with Gasteiger partial charge in [0, 0.05) is 0 Å². The molecule has 0 aliphatic carbocycles. The van der Waals surface area contributed by atoms with E-state index < -0.39 is 0 Å². The molecule has 0 unspecified atom stereocenters. The molecule has 1 nitrogen and oxygen atoms in total. The van der Waals surface area contributed by atoms with Crippen LogP contribution < -0.4 is 0 Å². The molecular formula is C14H22O. The highest BCUT2D eigenvalue weighted by molar-refractivity contribution is 5.48. The Morgan fingerprint density at radius 3 is 2.07 bits per heavy atom. The minimum absolute atomic E-state index is 0.000255. The predicted molar refractivity (Wildman–Crippen MR) is 65.6 cm³/mol. The van der Waals surface area contributed by atoms with Crippen LogP contribution >= 0.6 is 0 Å². The molecule has 0 saturated heterocycles. The standard InChI is InChI=1S/C14H22O/c1-9(2)11-7-10(3)8-12(13(11)15)14(4,5)6/h7-9,15H,1-6H3. The predicted octanol–water partition coefficient (Wildman–Crippen LogP) is 4.12. The summed E-state index contributed by atoms with van der Waals surface area (Å²) in [4.78, 5) is 0. The van der Waals surface area contributed by atoms with Crippen LogP contribution in [0.3, 0.4) is 0 Å². The molecule has 1 N–H and O–H groups in total. The third kappa shape index (κ3) is 2.53. The molecule has 0 aromatic heterocycles. The average molecular weight is 206 g/mol. The summed E-state index contributed by atoms with van der Waals surface area (Å²) in [6.07, 6.45) is 0. The Kier molecular flexibility index (Phi) is 3.13. The highest BCUT2D eigenvalue weighted by Crippen LogP contribution is 2.37. The Morgan fingerprint density at radius 1 is 1.13 bits per heavy atom. The van der Waals surface area contributed by atoms with Crippen molar-refractivity contribution in [1.82, 2.24) is 0 Å². The van der Waals surface area contributed by atoms with Gasteiger partial charge in [-0.15, -0.1) is 0 Å². The van der Waals surface area contributed by atoms with E-state index in [0.29, 0.717) is 11.7 Å². The van der Waals surface area contributed by atoms with Gasteiger partial charge in [-0.05, 0) is 29.4 Å². The monoisotopic (exact) mass is 206 g/mol. The summed E-state index contributed by atoms with van der Waals surface area (Å²) in [5.41, 5.74) is 3.33. The number of benzene rings is 1. The summed E-state index contributed by atoms with van der Waals surface area (Å²) < 4.78 is 0. The van der Waals surface area contributed by atoms with Gasteiger partial charge in [-0.2, -0.15) is 0 Å². The number of rotatable bonds is 1. The van der Waals surface area contributed by atoms with E-state index in [9.17, 15) is 5.11 Å². The normalized spacial score (nSPS) is 12.2. The Labute approximate surface area is 93.1 Å². The van der Waals surface area contributed by atoms with E-state index in [0.717, 1.165) is 11.1 Å². The van der Waals surface area contributed by atoms with Gasteiger partial charge in [-0.25, -0.2) is 0 Å². The molecule has 0 amide bonds. The minimum Gasteiger partial charge on any atom is -0.507 e. The Bertz CT molecular complexity index is 356. The maximum Gasteiger partial charge on any atom is 0.122 e. The maximum atomic E-state index is 10.2. The van der Waals surface area contributed by atoms with Crippen LogP contribution in [0, 0.1) is 6.92 Å². The second-order valence-corrected chi connectivity index (χ2v) is 5.66. The second kappa shape index (κ2) is 3.88. The zero-order valence-corrected chi connectivity index (χ0v) is 10.7. The molecule has 1 heteroatoms. The molecule has 0 bridgehead atoms. The van der Waals surface area contributed by atoms with Crippen LogP contribution in [0.25, 0.3) is 0 Å². The fourth-order valence-corrected chi connectivity index (χ4v) is 1.82. The van der Waals surface area contributed by atoms with Gasteiger partial charge in [0.2, 0.25) is 0 Å². The molecular weight excluding hydrogens is 184 g/mol. The first kappa shape index (κ1) is 12.1. The van der Waals surface area contributed by atoms with Gasteiger partial charge in [0.15, 0.2) is 0 Å². The molecule has 15 heavy (non-hydrogen) atoms. The molecule has 1 rings (SSSR count). The fraction of sp³-hybridized carbons (Fsp3) is 0.571. The first-order chi connectivity index (χ1) is 6.73. The third-order valence-corrected chi connectivity index (χ3v) is 2.71. The second-order valence-electron chi connectivity index (χ2n) is 5.66. The van der Waals surface area contributed by atoms with Crippen molar-refractivity contribution in [1.29, 1.82) is 0 Å². The summed E-state index contributed by atoms with van der Waals surface area (Å²) >= 11 is 0. The van der Waals surface area contributed by atoms with E-state index in [1.807, 2.05) is 0 Å². The quantitative estimate of drug-likeness (QED) is 0.732. The summed E-state index contributed by atoms with van der Waals surface area (Å²) in [7, 11) is 0. The maximum absolute atomic E-state index is 10.2. The molecule has 1 aromatic rings. The van der Waals surface area contributed by atoms with Crippen LogP contribution in [0.2, 0.25) is 0 Å². The number of hydrogen-bond donors (Lipinski definition) is 1. The van der Waals surface area contributed by atoms with Gasteiger partial charge in [-0.1, -0.05) is 52.3 Å². The Hall–Kier alpha value is -0.980. The van der Waals surface area contributed by atoms with E-state index in [-0.39, 0.29) is 5.41 Å². The lowest BCUT2D eigenvalue weighted by atomic mass is 9.82. The highest BCUT2D eigenvalue weighted by Gasteiger charge is 2.21. The van der Waals surface area contributed by atoms with Crippen molar-refractivity contribution in [2.75, 3.05) is 0 Å². The fourth-order valence-electron chi connectivity index (χ4n) is 1.82. The highest BCUT2D eigenvalue weighted by atomic mass is 16.3. The van der Waals surface area contributed by atoms with Crippen LogP contribution in [0.5, 0.6) is 5.75 Å². The Balaban J connectivity index is 3.42. The average Bonchev–Trinajstić information content (AvgIpc) is 2.06. The van der Waals surface area contributed by atoms with Crippen LogP contribution in [0.1, 0.15) is 57.2 Å². The number of aromatic hydroxyl groups is 1. The van der Waals surface area contributed by atoms with Crippen molar-refractivity contribution >= 4 is 0 Å². The summed E-state index contributed by atoms with van der Waals surface area (Å²) in [5.74, 6) is 0.842. The number of hydrogen-bond acceptors (Lipinski definition) is 1. The molecule has 0 fully saturated rings. The van der Waals surface area contributed by atoms with E-state index in [4.69, 9.17) is 0 Å². The largest absolute Gasteiger partial charge is 0.507 e. The van der Waals surface area contributed by atoms with Gasteiger partial charge >= 0.3 is 0 Å². The molecule has 0 heterocycles. The van der Waals surface area contributed by atoms with Gasteiger partial charge in [0.05, 0.1) is 0 Å². The molecule has 0 aliphatic rings. The lowest BCUT2D eigenvalue weighted by Gasteiger charge is -2.23. The van der Waals surface area contributed by atoms with Crippen molar-refractivity contribution < 1.29 is 5.11 Å². The third-order valence-electron chi connectivity index (χ3n) is 2.71. The van der Waals surface area contributed by atoms with Gasteiger partial charge in [-0.3, -0.25) is 0 Å². The van der Waals surface area contributed by atoms with Crippen molar-refractivity contribution in [3.8, 4) is 5.75 Å². The van der Waals surface area contributed by atoms with Crippen LogP contribution in [0.4, 0.5) is 0 Å². The molecule has 0 atom stereocenters. The smallest absolute Gasteiger partial charge is 0.122 e. The van der Waals surface area contributed by atoms with Gasteiger partial charge in [0.25, 0.3) is 0 Å². The van der Waals surface area contributed by atoms with E-state index in [1.165, 1.54) is 5.56 Å². The van der Waals surface area contributed by atoms with Crippen LogP contribution in [0.15, 0.2) is 12.1 Å². The van der Waals surface area contributed by atoms with E-state index in [2.05, 4.69) is 53.7 Å². The number of phenolic OH excluding ortho intramolecular Hbond substituents is 1. The van der Waals surface area contributed by atoms with Crippen molar-refractivity contribution in [3.05, 3.63) is 28.8 Å². The van der Waals surface area contributed by atoms with E-state index in [1.54, 1.807) is 0 Å². The Morgan fingerprint density at radius 2 is 1.67 bits per heavy atom. The van der Waals surface area contributed by atoms with Crippen molar-refractivity contribution in [3.63, 3.8) is 0 Å². The number of aryl methyl sites for hydroxylation is 1. The van der Waals surface area contributed by atoms with Gasteiger partial charge < -0.3 is 5.11 Å². The molecule has 0 radical (unpaired) electrons. The zero-order valence-electron chi connectivity index (χ0n) is 10.7. The molecule has 84 valence electrons. The van der Waals surface area contributed by atoms with Crippen LogP contribution in [-0.4, -0.2) is 5.11 Å². The zero-order chi connectivity index (χ0) is 11.8. The van der Waals surface area contributed by atoms with E-state index >= 15 is 0 Å². The molecule has 0 saturated carbocycles.